The molecule has 1 heterocycles. The standard InChI is InChI=1S/C14H15ClFN3S/c1-2-13(11-4-3-10(15)9-12(11)16)18-14(17)19-5-7-20-8-6-19/h1,3-4,9,13H,5-8H2,(H2,17,18). The highest BCUT2D eigenvalue weighted by molar-refractivity contribution is 7.99. The molecule has 1 aromatic carbocycles. The summed E-state index contributed by atoms with van der Waals surface area (Å²) in [6.07, 6.45) is 5.45. The number of hydrogen-bond donors (Lipinski definition) is 1. The van der Waals surface area contributed by atoms with Gasteiger partial charge in [-0.25, -0.2) is 9.38 Å². The van der Waals surface area contributed by atoms with Crippen LogP contribution in [0.2, 0.25) is 5.02 Å². The van der Waals surface area contributed by atoms with Crippen molar-refractivity contribution in [3.63, 3.8) is 0 Å². The van der Waals surface area contributed by atoms with Crippen LogP contribution in [0.3, 0.4) is 0 Å². The molecule has 1 aromatic rings. The van der Waals surface area contributed by atoms with Crippen molar-refractivity contribution < 1.29 is 4.39 Å². The monoisotopic (exact) mass is 311 g/mol. The summed E-state index contributed by atoms with van der Waals surface area (Å²) in [5, 5.41) is 0.326. The quantitative estimate of drug-likeness (QED) is 0.518. The zero-order valence-corrected chi connectivity index (χ0v) is 12.4. The Bertz CT molecular complexity index is 550. The van der Waals surface area contributed by atoms with Crippen molar-refractivity contribution in [3.8, 4) is 12.3 Å². The summed E-state index contributed by atoms with van der Waals surface area (Å²) in [5.74, 6) is 4.38. The third kappa shape index (κ3) is 3.59. The first-order valence-corrected chi connectivity index (χ1v) is 7.72. The van der Waals surface area contributed by atoms with Crippen molar-refractivity contribution in [1.82, 2.24) is 4.90 Å². The summed E-state index contributed by atoms with van der Waals surface area (Å²) < 4.78 is 13.9. The molecule has 1 fully saturated rings. The Balaban J connectivity index is 2.21. The highest BCUT2D eigenvalue weighted by Gasteiger charge is 2.17. The number of nitrogens with zero attached hydrogens (tertiary/aromatic N) is 2. The van der Waals surface area contributed by atoms with E-state index < -0.39 is 11.9 Å². The number of rotatable bonds is 2. The lowest BCUT2D eigenvalue weighted by atomic mass is 10.1. The smallest absolute Gasteiger partial charge is 0.192 e. The van der Waals surface area contributed by atoms with Crippen molar-refractivity contribution in [1.29, 1.82) is 0 Å². The fourth-order valence-corrected chi connectivity index (χ4v) is 2.99. The zero-order valence-electron chi connectivity index (χ0n) is 10.9. The summed E-state index contributed by atoms with van der Waals surface area (Å²) in [4.78, 5) is 6.24. The molecule has 2 N–H and O–H groups in total. The Morgan fingerprint density at radius 3 is 2.80 bits per heavy atom. The predicted molar refractivity (Wildman–Crippen MR) is 83.5 cm³/mol. The maximum absolute atomic E-state index is 13.9. The van der Waals surface area contributed by atoms with E-state index in [2.05, 4.69) is 10.9 Å². The van der Waals surface area contributed by atoms with Gasteiger partial charge >= 0.3 is 0 Å². The topological polar surface area (TPSA) is 41.6 Å². The van der Waals surface area contributed by atoms with Crippen molar-refractivity contribution >= 4 is 29.3 Å². The molecule has 0 amide bonds. The molecular weight excluding hydrogens is 297 g/mol. The highest BCUT2D eigenvalue weighted by Crippen LogP contribution is 2.23. The average Bonchev–Trinajstić information content (AvgIpc) is 2.46. The predicted octanol–water partition coefficient (Wildman–Crippen LogP) is 2.52. The van der Waals surface area contributed by atoms with Gasteiger partial charge in [-0.15, -0.1) is 6.42 Å². The minimum Gasteiger partial charge on any atom is -0.370 e. The third-order valence-electron chi connectivity index (χ3n) is 3.01. The van der Waals surface area contributed by atoms with Gasteiger partial charge in [0.2, 0.25) is 0 Å². The van der Waals surface area contributed by atoms with Crippen molar-refractivity contribution in [2.75, 3.05) is 24.6 Å². The lowest BCUT2D eigenvalue weighted by Crippen LogP contribution is -2.42. The van der Waals surface area contributed by atoms with Gasteiger partial charge in [-0.1, -0.05) is 23.6 Å². The van der Waals surface area contributed by atoms with Crippen molar-refractivity contribution in [2.45, 2.75) is 6.04 Å². The first kappa shape index (κ1) is 15.0. The van der Waals surface area contributed by atoms with Gasteiger partial charge in [-0.2, -0.15) is 11.8 Å². The molecule has 1 saturated heterocycles. The summed E-state index contributed by atoms with van der Waals surface area (Å²) >= 11 is 7.60. The Kier molecular flexibility index (Phi) is 5.16. The Morgan fingerprint density at radius 1 is 1.50 bits per heavy atom. The maximum Gasteiger partial charge on any atom is 0.192 e. The van der Waals surface area contributed by atoms with E-state index >= 15 is 0 Å². The number of benzene rings is 1. The van der Waals surface area contributed by atoms with Crippen molar-refractivity contribution in [2.24, 2.45) is 10.7 Å². The number of aliphatic imine (C=N–C) groups is 1. The normalized spacial score (nSPS) is 17.6. The molecule has 0 aromatic heterocycles. The molecule has 20 heavy (non-hydrogen) atoms. The Hall–Kier alpha value is -1.38. The van der Waals surface area contributed by atoms with Crippen LogP contribution in [-0.4, -0.2) is 35.5 Å². The van der Waals surface area contributed by atoms with Gasteiger partial charge in [0.15, 0.2) is 5.96 Å². The molecule has 0 radical (unpaired) electrons. The van der Waals surface area contributed by atoms with Crippen LogP contribution in [0.5, 0.6) is 0 Å². The minimum atomic E-state index is -0.734. The summed E-state index contributed by atoms with van der Waals surface area (Å²) in [5.41, 5.74) is 6.28. The molecule has 1 aliphatic rings. The number of guanidine groups is 1. The van der Waals surface area contributed by atoms with E-state index in [1.54, 1.807) is 12.1 Å². The molecule has 0 aliphatic carbocycles. The van der Waals surface area contributed by atoms with Crippen LogP contribution in [0.1, 0.15) is 11.6 Å². The summed E-state index contributed by atoms with van der Waals surface area (Å²) in [7, 11) is 0. The van der Waals surface area contributed by atoms with Crippen LogP contribution in [0.25, 0.3) is 0 Å². The third-order valence-corrected chi connectivity index (χ3v) is 4.19. The van der Waals surface area contributed by atoms with Gasteiger partial charge < -0.3 is 10.6 Å². The van der Waals surface area contributed by atoms with Gasteiger partial charge in [0.25, 0.3) is 0 Å². The molecule has 2 rings (SSSR count). The van der Waals surface area contributed by atoms with Crippen LogP contribution in [0.15, 0.2) is 23.2 Å². The van der Waals surface area contributed by atoms with Crippen LogP contribution >= 0.6 is 23.4 Å². The molecule has 1 aliphatic heterocycles. The molecule has 106 valence electrons. The minimum absolute atomic E-state index is 0.311. The summed E-state index contributed by atoms with van der Waals surface area (Å²) in [6.45, 7) is 1.67. The van der Waals surface area contributed by atoms with E-state index in [9.17, 15) is 4.39 Å². The molecule has 0 bridgehead atoms. The maximum atomic E-state index is 13.9. The number of hydrogen-bond acceptors (Lipinski definition) is 2. The van der Waals surface area contributed by atoms with E-state index in [1.807, 2.05) is 16.7 Å². The largest absolute Gasteiger partial charge is 0.370 e. The van der Waals surface area contributed by atoms with Gasteiger partial charge in [0, 0.05) is 35.2 Å². The molecule has 3 nitrogen and oxygen atoms in total. The lowest BCUT2D eigenvalue weighted by molar-refractivity contribution is 0.454. The number of halogens is 2. The van der Waals surface area contributed by atoms with Gasteiger partial charge in [-0.05, 0) is 12.1 Å². The Labute approximate surface area is 127 Å². The summed E-state index contributed by atoms with van der Waals surface area (Å²) in [6, 6.07) is 3.63. The van der Waals surface area contributed by atoms with Crippen molar-refractivity contribution in [3.05, 3.63) is 34.6 Å². The second-order valence-electron chi connectivity index (χ2n) is 4.32. The van der Waals surface area contributed by atoms with Gasteiger partial charge in [0.1, 0.15) is 11.9 Å². The van der Waals surface area contributed by atoms with E-state index in [0.717, 1.165) is 24.6 Å². The fourth-order valence-electron chi connectivity index (χ4n) is 1.93. The Morgan fingerprint density at radius 2 is 2.20 bits per heavy atom. The molecule has 1 atom stereocenters. The number of thioether (sulfide) groups is 1. The molecule has 0 saturated carbocycles. The van der Waals surface area contributed by atoms with Crippen LogP contribution in [0.4, 0.5) is 4.39 Å². The van der Waals surface area contributed by atoms with Gasteiger partial charge in [-0.3, -0.25) is 0 Å². The second kappa shape index (κ2) is 6.87. The molecule has 1 unspecified atom stereocenters. The molecule has 6 heteroatoms. The first-order valence-electron chi connectivity index (χ1n) is 6.19. The van der Waals surface area contributed by atoms with Crippen LogP contribution in [-0.2, 0) is 0 Å². The zero-order chi connectivity index (χ0) is 14.5. The first-order chi connectivity index (χ1) is 9.61. The van der Waals surface area contributed by atoms with E-state index in [-0.39, 0.29) is 0 Å². The van der Waals surface area contributed by atoms with Gasteiger partial charge in [0.05, 0.1) is 0 Å². The number of terminal acetylenes is 1. The SMILES string of the molecule is C#CC(N=C(N)N1CCSCC1)c1ccc(Cl)cc1F. The second-order valence-corrected chi connectivity index (χ2v) is 5.98. The fraction of sp³-hybridized carbons (Fsp3) is 0.357. The highest BCUT2D eigenvalue weighted by atomic mass is 35.5. The lowest BCUT2D eigenvalue weighted by Gasteiger charge is -2.27. The van der Waals surface area contributed by atoms with E-state index in [4.69, 9.17) is 23.8 Å². The molecular formula is C14H15ClFN3S. The van der Waals surface area contributed by atoms with E-state index in [1.165, 1.54) is 6.07 Å². The number of nitrogens with two attached hydrogens (primary N) is 1. The van der Waals surface area contributed by atoms with Crippen LogP contribution < -0.4 is 5.73 Å². The average molecular weight is 312 g/mol. The molecule has 0 spiro atoms. The van der Waals surface area contributed by atoms with E-state index in [0.29, 0.717) is 16.5 Å². The van der Waals surface area contributed by atoms with Crippen LogP contribution in [0, 0.1) is 18.2 Å².